The van der Waals surface area contributed by atoms with Gasteiger partial charge in [0.2, 0.25) is 0 Å². The number of carboxylic acid groups (broad SMARTS) is 2. The Morgan fingerprint density at radius 2 is 0.904 bits per heavy atom. The number of aromatic nitrogens is 2. The molecule has 4 aromatic carbocycles. The number of hydrogen-bond acceptors (Lipinski definition) is 10. The van der Waals surface area contributed by atoms with Crippen molar-refractivity contribution >= 4 is 45.3 Å². The Morgan fingerprint density at radius 1 is 0.538 bits per heavy atom. The standard InChI is InChI=1S/2C19H16N2O5/c2*1-11-15-9-13(26-12-5-3-2-4-6-12)7-8-14(15)18(24)17(21-11)19(25)20-10-16(22)23/h2*2-9,24H,10H2,1H3,(H,20,25)(H,22,23). The molecule has 0 spiro atoms. The number of nitrogens with zero attached hydrogens (tertiary/aromatic N) is 2. The molecule has 0 saturated carbocycles. The summed E-state index contributed by atoms with van der Waals surface area (Å²) in [5, 5.41) is 44.5. The van der Waals surface area contributed by atoms with Gasteiger partial charge < -0.3 is 40.5 Å². The molecule has 6 rings (SSSR count). The second-order valence-corrected chi connectivity index (χ2v) is 11.2. The predicted molar refractivity (Wildman–Crippen MR) is 189 cm³/mol. The number of amides is 2. The van der Waals surface area contributed by atoms with Crippen molar-refractivity contribution in [2.45, 2.75) is 13.8 Å². The lowest BCUT2D eigenvalue weighted by Gasteiger charge is -2.12. The molecule has 0 aliphatic rings. The number of carbonyl (C=O) groups excluding carboxylic acids is 2. The molecule has 0 radical (unpaired) electrons. The summed E-state index contributed by atoms with van der Waals surface area (Å²) < 4.78 is 11.5. The summed E-state index contributed by atoms with van der Waals surface area (Å²) in [6, 6.07) is 28.6. The van der Waals surface area contributed by atoms with Crippen molar-refractivity contribution in [1.82, 2.24) is 20.6 Å². The first-order valence-corrected chi connectivity index (χ1v) is 15.6. The molecule has 0 saturated heterocycles. The minimum atomic E-state index is -1.18. The number of aromatic hydroxyl groups is 2. The molecule has 0 bridgehead atoms. The van der Waals surface area contributed by atoms with Gasteiger partial charge in [0.1, 0.15) is 36.1 Å². The first-order chi connectivity index (χ1) is 24.9. The average Bonchev–Trinajstić information content (AvgIpc) is 3.13. The first kappa shape index (κ1) is 36.1. The minimum absolute atomic E-state index is 0.215. The van der Waals surface area contributed by atoms with Crippen LogP contribution in [0.2, 0.25) is 0 Å². The molecule has 52 heavy (non-hydrogen) atoms. The van der Waals surface area contributed by atoms with Crippen molar-refractivity contribution in [3.8, 4) is 34.5 Å². The number of carboxylic acids is 2. The molecule has 0 atom stereocenters. The smallest absolute Gasteiger partial charge is 0.322 e. The molecule has 14 nitrogen and oxygen atoms in total. The normalized spacial score (nSPS) is 10.5. The summed E-state index contributed by atoms with van der Waals surface area (Å²) in [7, 11) is 0. The number of ether oxygens (including phenoxy) is 2. The molecule has 0 unspecified atom stereocenters. The number of fused-ring (bicyclic) bond motifs is 2. The third-order valence-electron chi connectivity index (χ3n) is 7.47. The highest BCUT2D eigenvalue weighted by Crippen LogP contribution is 2.35. The molecule has 14 heteroatoms. The van der Waals surface area contributed by atoms with Crippen molar-refractivity contribution in [3.63, 3.8) is 0 Å². The van der Waals surface area contributed by atoms with Crippen LogP contribution in [0.25, 0.3) is 21.5 Å². The number of rotatable bonds is 10. The Bertz CT molecular complexity index is 2140. The third-order valence-corrected chi connectivity index (χ3v) is 7.47. The lowest BCUT2D eigenvalue weighted by Crippen LogP contribution is -2.30. The Balaban J connectivity index is 0.000000201. The van der Waals surface area contributed by atoms with Gasteiger partial charge in [0, 0.05) is 32.9 Å². The molecule has 0 aliphatic carbocycles. The monoisotopic (exact) mass is 704 g/mol. The van der Waals surface area contributed by atoms with Crippen molar-refractivity contribution in [2.24, 2.45) is 0 Å². The quantitative estimate of drug-likeness (QED) is 0.101. The van der Waals surface area contributed by atoms with Gasteiger partial charge in [-0.05, 0) is 74.5 Å². The molecule has 2 heterocycles. The van der Waals surface area contributed by atoms with E-state index >= 15 is 0 Å². The van der Waals surface area contributed by atoms with Crippen molar-refractivity contribution in [3.05, 3.63) is 120 Å². The van der Waals surface area contributed by atoms with Gasteiger partial charge in [-0.25, -0.2) is 9.97 Å². The van der Waals surface area contributed by atoms with Crippen LogP contribution in [0.4, 0.5) is 0 Å². The average molecular weight is 705 g/mol. The fourth-order valence-corrected chi connectivity index (χ4v) is 5.05. The Kier molecular flexibility index (Phi) is 11.1. The van der Waals surface area contributed by atoms with Crippen LogP contribution >= 0.6 is 0 Å². The van der Waals surface area contributed by atoms with Gasteiger partial charge in [0.15, 0.2) is 22.9 Å². The van der Waals surface area contributed by atoms with Crippen LogP contribution < -0.4 is 20.1 Å². The van der Waals surface area contributed by atoms with E-state index in [0.29, 0.717) is 55.9 Å². The maximum Gasteiger partial charge on any atom is 0.322 e. The zero-order valence-corrected chi connectivity index (χ0v) is 27.8. The van der Waals surface area contributed by atoms with E-state index in [1.54, 1.807) is 50.2 Å². The van der Waals surface area contributed by atoms with E-state index in [1.165, 1.54) is 0 Å². The zero-order valence-electron chi connectivity index (χ0n) is 27.8. The molecule has 264 valence electrons. The second kappa shape index (κ2) is 16.0. The Hall–Kier alpha value is -7.22. The Labute approximate surface area is 295 Å². The van der Waals surface area contributed by atoms with E-state index in [0.717, 1.165) is 0 Å². The van der Waals surface area contributed by atoms with Crippen LogP contribution in [0.1, 0.15) is 32.4 Å². The number of benzene rings is 4. The number of aliphatic carboxylic acids is 2. The summed E-state index contributed by atoms with van der Waals surface area (Å²) in [5.74, 6) is -2.00. The zero-order chi connectivity index (χ0) is 37.4. The molecular formula is C38H32N4O10. The first-order valence-electron chi connectivity index (χ1n) is 15.6. The third kappa shape index (κ3) is 8.67. The topological polar surface area (TPSA) is 217 Å². The predicted octanol–water partition coefficient (Wildman–Crippen LogP) is 5.71. The van der Waals surface area contributed by atoms with Gasteiger partial charge >= 0.3 is 11.9 Å². The van der Waals surface area contributed by atoms with Crippen LogP contribution in [0.5, 0.6) is 34.5 Å². The number of para-hydroxylation sites is 2. The highest BCUT2D eigenvalue weighted by Gasteiger charge is 2.20. The number of aryl methyl sites for hydroxylation is 2. The van der Waals surface area contributed by atoms with Gasteiger partial charge in [-0.2, -0.15) is 0 Å². The fourth-order valence-electron chi connectivity index (χ4n) is 5.05. The highest BCUT2D eigenvalue weighted by molar-refractivity contribution is 6.04. The van der Waals surface area contributed by atoms with Crippen molar-refractivity contribution < 1.29 is 49.1 Å². The summed E-state index contributed by atoms with van der Waals surface area (Å²) in [4.78, 5) is 53.5. The van der Waals surface area contributed by atoms with E-state index in [-0.39, 0.29) is 22.9 Å². The molecule has 6 N–H and O–H groups in total. The maximum atomic E-state index is 12.1. The number of pyridine rings is 2. The van der Waals surface area contributed by atoms with E-state index in [4.69, 9.17) is 19.7 Å². The minimum Gasteiger partial charge on any atom is -0.505 e. The lowest BCUT2D eigenvalue weighted by molar-refractivity contribution is -0.136. The summed E-state index contributed by atoms with van der Waals surface area (Å²) in [5.41, 5.74) is 0.592. The summed E-state index contributed by atoms with van der Waals surface area (Å²) in [6.45, 7) is 2.28. The van der Waals surface area contributed by atoms with Crippen molar-refractivity contribution in [2.75, 3.05) is 13.1 Å². The summed E-state index contributed by atoms with van der Waals surface area (Å²) >= 11 is 0. The van der Waals surface area contributed by atoms with E-state index in [1.807, 2.05) is 60.7 Å². The molecule has 2 amide bonds. The van der Waals surface area contributed by atoms with Crippen LogP contribution in [-0.2, 0) is 9.59 Å². The molecule has 0 aliphatic heterocycles. The molecular weight excluding hydrogens is 672 g/mol. The lowest BCUT2D eigenvalue weighted by atomic mass is 10.1. The number of carbonyl (C=O) groups is 4. The summed E-state index contributed by atoms with van der Waals surface area (Å²) in [6.07, 6.45) is 0. The van der Waals surface area contributed by atoms with Crippen LogP contribution in [0.15, 0.2) is 97.1 Å². The van der Waals surface area contributed by atoms with Gasteiger partial charge in [0.05, 0.1) is 0 Å². The SMILES string of the molecule is Cc1nc(C(=O)NCC(=O)O)c(O)c2ccc(Oc3ccccc3)cc12.Cc1nc(C(=O)NCC(=O)O)c(O)c2ccc(Oc3ccccc3)cc12. The highest BCUT2D eigenvalue weighted by atomic mass is 16.5. The van der Waals surface area contributed by atoms with E-state index < -0.39 is 36.8 Å². The number of nitrogens with one attached hydrogen (secondary N) is 2. The molecule has 0 fully saturated rings. The van der Waals surface area contributed by atoms with E-state index in [9.17, 15) is 29.4 Å². The van der Waals surface area contributed by atoms with E-state index in [2.05, 4.69) is 20.6 Å². The molecule has 2 aromatic heterocycles. The Morgan fingerprint density at radius 3 is 1.25 bits per heavy atom. The van der Waals surface area contributed by atoms with Crippen LogP contribution in [-0.4, -0.2) is 67.2 Å². The fraction of sp³-hybridized carbons (Fsp3) is 0.105. The van der Waals surface area contributed by atoms with Gasteiger partial charge in [0.25, 0.3) is 11.8 Å². The van der Waals surface area contributed by atoms with Gasteiger partial charge in [-0.1, -0.05) is 36.4 Å². The van der Waals surface area contributed by atoms with Crippen LogP contribution in [0, 0.1) is 13.8 Å². The molecule has 6 aromatic rings. The second-order valence-electron chi connectivity index (χ2n) is 11.2. The number of hydrogen-bond donors (Lipinski definition) is 6. The van der Waals surface area contributed by atoms with Gasteiger partial charge in [-0.15, -0.1) is 0 Å². The largest absolute Gasteiger partial charge is 0.505 e. The maximum absolute atomic E-state index is 12.1. The van der Waals surface area contributed by atoms with Crippen molar-refractivity contribution in [1.29, 1.82) is 0 Å². The van der Waals surface area contributed by atoms with Crippen LogP contribution in [0.3, 0.4) is 0 Å². The van der Waals surface area contributed by atoms with Gasteiger partial charge in [-0.3, -0.25) is 19.2 Å².